The van der Waals surface area contributed by atoms with Crippen LogP contribution in [0.4, 0.5) is 0 Å². The molecule has 0 radical (unpaired) electrons. The number of nitrogens with zero attached hydrogens (tertiary/aromatic N) is 2. The van der Waals surface area contributed by atoms with Crippen molar-refractivity contribution in [3.05, 3.63) is 55.9 Å². The van der Waals surface area contributed by atoms with Crippen molar-refractivity contribution in [2.45, 2.75) is 13.8 Å². The zero-order chi connectivity index (χ0) is 17.1. The lowest BCUT2D eigenvalue weighted by Gasteiger charge is -2.11. The molecule has 0 saturated heterocycles. The van der Waals surface area contributed by atoms with Crippen molar-refractivity contribution in [1.29, 1.82) is 0 Å². The Kier molecular flexibility index (Phi) is 5.18. The van der Waals surface area contributed by atoms with Gasteiger partial charge in [-0.2, -0.15) is 9.78 Å². The largest absolute Gasteiger partial charge is 0.462 e. The molecule has 0 atom stereocenters. The Labute approximate surface area is 141 Å². The minimum absolute atomic E-state index is 0.0660. The maximum Gasteiger partial charge on any atom is 0.343 e. The molecule has 0 spiro atoms. The van der Waals surface area contributed by atoms with Gasteiger partial charge in [-0.1, -0.05) is 29.3 Å². The van der Waals surface area contributed by atoms with E-state index in [9.17, 15) is 14.4 Å². The van der Waals surface area contributed by atoms with Gasteiger partial charge in [0.2, 0.25) is 0 Å². The molecular formula is C15H12Cl2N2O4. The second kappa shape index (κ2) is 6.93. The van der Waals surface area contributed by atoms with Crippen LogP contribution >= 0.6 is 23.2 Å². The third kappa shape index (κ3) is 3.43. The van der Waals surface area contributed by atoms with Crippen LogP contribution in [0.25, 0.3) is 5.69 Å². The van der Waals surface area contributed by atoms with Gasteiger partial charge in [0.15, 0.2) is 5.78 Å². The molecule has 1 heterocycles. The van der Waals surface area contributed by atoms with Crippen molar-refractivity contribution in [2.75, 3.05) is 6.61 Å². The normalized spacial score (nSPS) is 10.4. The number of halogens is 2. The number of hydrogen-bond acceptors (Lipinski definition) is 5. The smallest absolute Gasteiger partial charge is 0.343 e. The van der Waals surface area contributed by atoms with Gasteiger partial charge in [0.25, 0.3) is 5.56 Å². The highest BCUT2D eigenvalue weighted by atomic mass is 35.5. The van der Waals surface area contributed by atoms with Crippen LogP contribution < -0.4 is 5.56 Å². The summed E-state index contributed by atoms with van der Waals surface area (Å²) in [6, 6.07) is 5.72. The van der Waals surface area contributed by atoms with Crippen molar-refractivity contribution in [2.24, 2.45) is 0 Å². The first kappa shape index (κ1) is 17.2. The van der Waals surface area contributed by atoms with E-state index in [0.29, 0.717) is 0 Å². The molecule has 0 aliphatic carbocycles. The van der Waals surface area contributed by atoms with E-state index in [1.54, 1.807) is 19.1 Å². The molecule has 0 amide bonds. The predicted octanol–water partition coefficient (Wildman–Crippen LogP) is 2.92. The summed E-state index contributed by atoms with van der Waals surface area (Å²) in [5, 5.41) is 4.25. The first-order valence-electron chi connectivity index (χ1n) is 6.63. The molecular weight excluding hydrogens is 343 g/mol. The number of esters is 1. The minimum Gasteiger partial charge on any atom is -0.462 e. The molecule has 0 aliphatic rings. The highest BCUT2D eigenvalue weighted by Crippen LogP contribution is 2.27. The van der Waals surface area contributed by atoms with E-state index in [1.807, 2.05) is 0 Å². The van der Waals surface area contributed by atoms with Gasteiger partial charge in [0, 0.05) is 6.92 Å². The van der Waals surface area contributed by atoms with Gasteiger partial charge >= 0.3 is 5.97 Å². The number of benzene rings is 1. The van der Waals surface area contributed by atoms with Crippen molar-refractivity contribution in [3.63, 3.8) is 0 Å². The Balaban J connectivity index is 2.77. The molecule has 2 rings (SSSR count). The van der Waals surface area contributed by atoms with Crippen LogP contribution in [0, 0.1) is 0 Å². The lowest BCUT2D eigenvalue weighted by molar-refractivity contribution is 0.0523. The molecule has 0 aliphatic heterocycles. The number of hydrogen-bond donors (Lipinski definition) is 0. The molecule has 1 aromatic heterocycles. The Morgan fingerprint density at radius 1 is 1.30 bits per heavy atom. The summed E-state index contributed by atoms with van der Waals surface area (Å²) in [5.74, 6) is -1.25. The molecule has 0 N–H and O–H groups in total. The number of aromatic nitrogens is 2. The summed E-state index contributed by atoms with van der Waals surface area (Å²) < 4.78 is 5.71. The van der Waals surface area contributed by atoms with E-state index in [-0.39, 0.29) is 33.6 Å². The molecule has 0 unspecified atom stereocenters. The van der Waals surface area contributed by atoms with Gasteiger partial charge in [-0.25, -0.2) is 4.79 Å². The van der Waals surface area contributed by atoms with E-state index in [4.69, 9.17) is 27.9 Å². The Hall–Kier alpha value is -2.18. The van der Waals surface area contributed by atoms with Gasteiger partial charge in [0.1, 0.15) is 11.3 Å². The van der Waals surface area contributed by atoms with Crippen LogP contribution in [-0.2, 0) is 4.74 Å². The molecule has 0 fully saturated rings. The lowest BCUT2D eigenvalue weighted by Crippen LogP contribution is -2.30. The van der Waals surface area contributed by atoms with Crippen LogP contribution in [0.1, 0.15) is 34.7 Å². The van der Waals surface area contributed by atoms with E-state index in [0.717, 1.165) is 10.7 Å². The third-order valence-corrected chi connectivity index (χ3v) is 3.74. The van der Waals surface area contributed by atoms with Crippen LogP contribution in [0.2, 0.25) is 10.0 Å². The SMILES string of the molecule is CCOC(=O)c1cc(C(C)=O)nn(-c2cccc(Cl)c2Cl)c1=O. The van der Waals surface area contributed by atoms with E-state index < -0.39 is 17.3 Å². The Morgan fingerprint density at radius 2 is 2.00 bits per heavy atom. The maximum absolute atomic E-state index is 12.5. The van der Waals surface area contributed by atoms with E-state index >= 15 is 0 Å². The third-order valence-electron chi connectivity index (χ3n) is 2.93. The molecule has 8 heteroatoms. The van der Waals surface area contributed by atoms with Gasteiger partial charge in [-0.15, -0.1) is 0 Å². The van der Waals surface area contributed by atoms with E-state index in [2.05, 4.69) is 5.10 Å². The van der Waals surface area contributed by atoms with Crippen molar-refractivity contribution in [3.8, 4) is 5.69 Å². The summed E-state index contributed by atoms with van der Waals surface area (Å²) in [5.41, 5.74) is -0.956. The summed E-state index contributed by atoms with van der Waals surface area (Å²) in [6.07, 6.45) is 0. The van der Waals surface area contributed by atoms with Crippen LogP contribution in [0.5, 0.6) is 0 Å². The van der Waals surface area contributed by atoms with Crippen molar-refractivity contribution < 1.29 is 14.3 Å². The van der Waals surface area contributed by atoms with Crippen molar-refractivity contribution in [1.82, 2.24) is 9.78 Å². The number of carbonyl (C=O) groups is 2. The number of rotatable bonds is 4. The van der Waals surface area contributed by atoms with Crippen molar-refractivity contribution >= 4 is 35.0 Å². The van der Waals surface area contributed by atoms with Crippen LogP contribution in [-0.4, -0.2) is 28.1 Å². The summed E-state index contributed by atoms with van der Waals surface area (Å²) in [4.78, 5) is 36.1. The van der Waals surface area contributed by atoms with Crippen LogP contribution in [0.3, 0.4) is 0 Å². The Morgan fingerprint density at radius 3 is 2.61 bits per heavy atom. The summed E-state index contributed by atoms with van der Waals surface area (Å²) in [7, 11) is 0. The lowest BCUT2D eigenvalue weighted by atomic mass is 10.2. The fourth-order valence-corrected chi connectivity index (χ4v) is 2.22. The van der Waals surface area contributed by atoms with Crippen LogP contribution in [0.15, 0.2) is 29.1 Å². The Bertz CT molecular complexity index is 846. The second-order valence-corrected chi connectivity index (χ2v) is 5.29. The molecule has 0 saturated carbocycles. The molecule has 6 nitrogen and oxygen atoms in total. The average molecular weight is 355 g/mol. The number of Topliss-reactive ketones (excluding diaryl/α,β-unsaturated/α-hetero) is 1. The predicted molar refractivity (Wildman–Crippen MR) is 85.8 cm³/mol. The van der Waals surface area contributed by atoms with Gasteiger partial charge < -0.3 is 4.74 Å². The van der Waals surface area contributed by atoms with Gasteiger partial charge in [0.05, 0.1) is 22.3 Å². The first-order valence-corrected chi connectivity index (χ1v) is 7.39. The van der Waals surface area contributed by atoms with Gasteiger partial charge in [-0.05, 0) is 25.1 Å². The molecule has 0 bridgehead atoms. The average Bonchev–Trinajstić information content (AvgIpc) is 2.50. The maximum atomic E-state index is 12.5. The standard InChI is InChI=1S/C15H12Cl2N2O4/c1-3-23-15(22)9-7-11(8(2)20)18-19(14(9)21)12-6-4-5-10(16)13(12)17/h4-7H,3H2,1-2H3. The highest BCUT2D eigenvalue weighted by Gasteiger charge is 2.20. The number of ether oxygens (including phenoxy) is 1. The summed E-state index contributed by atoms with van der Waals surface area (Å²) in [6.45, 7) is 2.97. The molecule has 23 heavy (non-hydrogen) atoms. The first-order chi connectivity index (χ1) is 10.9. The van der Waals surface area contributed by atoms with E-state index in [1.165, 1.54) is 13.0 Å². The fourth-order valence-electron chi connectivity index (χ4n) is 1.84. The molecule has 2 aromatic rings. The number of ketones is 1. The number of carbonyl (C=O) groups excluding carboxylic acids is 2. The van der Waals surface area contributed by atoms with Gasteiger partial charge in [-0.3, -0.25) is 9.59 Å². The molecule has 1 aromatic carbocycles. The quantitative estimate of drug-likeness (QED) is 0.623. The topological polar surface area (TPSA) is 78.3 Å². The minimum atomic E-state index is -0.839. The highest BCUT2D eigenvalue weighted by molar-refractivity contribution is 6.43. The monoisotopic (exact) mass is 354 g/mol. The molecule has 120 valence electrons. The second-order valence-electron chi connectivity index (χ2n) is 4.51. The zero-order valence-corrected chi connectivity index (χ0v) is 13.8. The fraction of sp³-hybridized carbons (Fsp3) is 0.200. The summed E-state index contributed by atoms with van der Waals surface area (Å²) >= 11 is 12.0. The zero-order valence-electron chi connectivity index (χ0n) is 12.3.